The summed E-state index contributed by atoms with van der Waals surface area (Å²) < 4.78 is 35.5. The number of halogens is 2. The normalized spacial score (nSPS) is 13.0. The minimum absolute atomic E-state index is 0.0468. The summed E-state index contributed by atoms with van der Waals surface area (Å²) in [5.41, 5.74) is 3.39. The molecule has 1 aliphatic rings. The molecule has 0 radical (unpaired) electrons. The number of aryl methyl sites for hydroxylation is 2. The third kappa shape index (κ3) is 5.46. The number of carbonyl (C=O) groups excluding carboxylic acids is 2. The van der Waals surface area contributed by atoms with Gasteiger partial charge in [-0.1, -0.05) is 0 Å². The lowest BCUT2D eigenvalue weighted by molar-refractivity contribution is -0.114. The molecule has 2 N–H and O–H groups in total. The second-order valence-electron chi connectivity index (χ2n) is 9.40. The van der Waals surface area contributed by atoms with E-state index in [0.717, 1.165) is 25.0 Å². The number of rotatable bonds is 8. The van der Waals surface area contributed by atoms with Crippen molar-refractivity contribution in [3.8, 4) is 17.0 Å². The third-order valence-electron chi connectivity index (χ3n) is 6.23. The molecule has 1 aromatic carbocycles. The number of carbonyl (C=O) groups is 2. The van der Waals surface area contributed by atoms with E-state index in [-0.39, 0.29) is 23.8 Å². The van der Waals surface area contributed by atoms with Gasteiger partial charge in [0.05, 0.1) is 29.8 Å². The minimum atomic E-state index is -0.798. The number of benzene rings is 1. The first-order valence-corrected chi connectivity index (χ1v) is 12.2. The third-order valence-corrected chi connectivity index (χ3v) is 6.23. The molecule has 1 saturated carbocycles. The Balaban J connectivity index is 1.39. The summed E-state index contributed by atoms with van der Waals surface area (Å²) in [5, 5.41) is 9.91. The average Bonchev–Trinajstić information content (AvgIpc) is 3.59. The standard InChI is InChI=1S/C27H26F2N6O3/c1-14-20(23-6-7-25-33-24(32-16(3)36)12-35(25)34-23)10-21(15(2)31-14)27(37)30-11-18-8-19(28)9-22(29)26(18)38-13-17-4-5-17/h6-10,12,17H,4-5,11,13H2,1-3H3,(H,30,37)(H,32,36). The van der Waals surface area contributed by atoms with Gasteiger partial charge in [0.25, 0.3) is 5.91 Å². The molecule has 2 amide bonds. The predicted molar refractivity (Wildman–Crippen MR) is 136 cm³/mol. The molecule has 1 fully saturated rings. The maximum Gasteiger partial charge on any atom is 0.253 e. The number of ether oxygens (including phenoxy) is 1. The topological polar surface area (TPSA) is 111 Å². The van der Waals surface area contributed by atoms with Crippen molar-refractivity contribution < 1.29 is 23.1 Å². The van der Waals surface area contributed by atoms with Crippen LogP contribution in [0.15, 0.2) is 36.5 Å². The van der Waals surface area contributed by atoms with Gasteiger partial charge in [-0.25, -0.2) is 18.3 Å². The van der Waals surface area contributed by atoms with E-state index in [0.29, 0.717) is 52.2 Å². The molecule has 4 aromatic rings. The molecule has 9 nitrogen and oxygen atoms in total. The molecule has 0 atom stereocenters. The first-order chi connectivity index (χ1) is 18.2. The molecule has 3 aromatic heterocycles. The van der Waals surface area contributed by atoms with Crippen LogP contribution < -0.4 is 15.4 Å². The van der Waals surface area contributed by atoms with E-state index in [1.807, 2.05) is 6.92 Å². The quantitative estimate of drug-likeness (QED) is 0.357. The van der Waals surface area contributed by atoms with Crippen molar-refractivity contribution in [2.24, 2.45) is 5.92 Å². The van der Waals surface area contributed by atoms with Crippen LogP contribution in [0.25, 0.3) is 16.9 Å². The Morgan fingerprint density at radius 3 is 2.63 bits per heavy atom. The smallest absolute Gasteiger partial charge is 0.253 e. The number of hydrogen-bond acceptors (Lipinski definition) is 6. The molecular weight excluding hydrogens is 494 g/mol. The van der Waals surface area contributed by atoms with Crippen LogP contribution in [0, 0.1) is 31.4 Å². The van der Waals surface area contributed by atoms with Crippen LogP contribution in [0.4, 0.5) is 14.6 Å². The van der Waals surface area contributed by atoms with E-state index in [1.54, 1.807) is 31.3 Å². The maximum atomic E-state index is 14.4. The van der Waals surface area contributed by atoms with Crippen LogP contribution in [0.5, 0.6) is 5.75 Å². The van der Waals surface area contributed by atoms with Gasteiger partial charge in [0, 0.05) is 36.4 Å². The number of aromatic nitrogens is 4. The molecule has 38 heavy (non-hydrogen) atoms. The Morgan fingerprint density at radius 2 is 1.89 bits per heavy atom. The van der Waals surface area contributed by atoms with Crippen molar-refractivity contribution in [1.82, 2.24) is 24.9 Å². The van der Waals surface area contributed by atoms with Crippen molar-refractivity contribution in [1.29, 1.82) is 0 Å². The summed E-state index contributed by atoms with van der Waals surface area (Å²) >= 11 is 0. The summed E-state index contributed by atoms with van der Waals surface area (Å²) in [6.45, 7) is 5.15. The van der Waals surface area contributed by atoms with Gasteiger partial charge in [-0.05, 0) is 56.9 Å². The summed E-state index contributed by atoms with van der Waals surface area (Å²) in [5.74, 6) is -1.54. The lowest BCUT2D eigenvalue weighted by atomic mass is 10.0. The lowest BCUT2D eigenvalue weighted by Crippen LogP contribution is -2.25. The van der Waals surface area contributed by atoms with Gasteiger partial charge in [-0.15, -0.1) is 0 Å². The number of nitrogens with one attached hydrogen (secondary N) is 2. The van der Waals surface area contributed by atoms with Crippen LogP contribution in [-0.2, 0) is 11.3 Å². The minimum Gasteiger partial charge on any atom is -0.490 e. The first-order valence-electron chi connectivity index (χ1n) is 12.2. The molecule has 5 rings (SSSR count). The van der Waals surface area contributed by atoms with Gasteiger partial charge < -0.3 is 15.4 Å². The highest BCUT2D eigenvalue weighted by Gasteiger charge is 2.24. The van der Waals surface area contributed by atoms with Crippen LogP contribution in [0.3, 0.4) is 0 Å². The van der Waals surface area contributed by atoms with E-state index in [2.05, 4.69) is 25.7 Å². The van der Waals surface area contributed by atoms with E-state index >= 15 is 0 Å². The summed E-state index contributed by atoms with van der Waals surface area (Å²) in [7, 11) is 0. The zero-order valence-corrected chi connectivity index (χ0v) is 21.1. The Labute approximate surface area is 217 Å². The van der Waals surface area contributed by atoms with Crippen LogP contribution in [-0.4, -0.2) is 38.0 Å². The van der Waals surface area contributed by atoms with Gasteiger partial charge in [0.15, 0.2) is 23.0 Å². The lowest BCUT2D eigenvalue weighted by Gasteiger charge is -2.15. The molecule has 1 aliphatic carbocycles. The van der Waals surface area contributed by atoms with Crippen molar-refractivity contribution in [2.45, 2.75) is 40.2 Å². The summed E-state index contributed by atoms with van der Waals surface area (Å²) in [6, 6.07) is 7.12. The van der Waals surface area contributed by atoms with Gasteiger partial charge >= 0.3 is 0 Å². The molecule has 3 heterocycles. The molecule has 0 unspecified atom stereocenters. The first kappa shape index (κ1) is 25.2. The fraction of sp³-hybridized carbons (Fsp3) is 0.296. The van der Waals surface area contributed by atoms with E-state index < -0.39 is 17.5 Å². The largest absolute Gasteiger partial charge is 0.490 e. The second kappa shape index (κ2) is 10.2. The highest BCUT2D eigenvalue weighted by atomic mass is 19.1. The van der Waals surface area contributed by atoms with Crippen molar-refractivity contribution in [3.63, 3.8) is 0 Å². The van der Waals surface area contributed by atoms with Gasteiger partial charge in [-0.2, -0.15) is 5.10 Å². The zero-order chi connectivity index (χ0) is 27.0. The monoisotopic (exact) mass is 520 g/mol. The van der Waals surface area contributed by atoms with Crippen molar-refractivity contribution in [3.05, 3.63) is 70.7 Å². The highest BCUT2D eigenvalue weighted by Crippen LogP contribution is 2.32. The molecule has 0 bridgehead atoms. The van der Waals surface area contributed by atoms with Gasteiger partial charge in [0.1, 0.15) is 5.82 Å². The number of nitrogens with zero attached hydrogens (tertiary/aromatic N) is 4. The molecule has 0 spiro atoms. The van der Waals surface area contributed by atoms with E-state index in [1.165, 1.54) is 11.4 Å². The second-order valence-corrected chi connectivity index (χ2v) is 9.40. The molecule has 196 valence electrons. The number of imidazole rings is 1. The van der Waals surface area contributed by atoms with Crippen LogP contribution in [0.2, 0.25) is 0 Å². The summed E-state index contributed by atoms with van der Waals surface area (Å²) in [6.07, 6.45) is 3.64. The molecular formula is C27H26F2N6O3. The Kier molecular flexibility index (Phi) is 6.75. The van der Waals surface area contributed by atoms with Gasteiger partial charge in [-0.3, -0.25) is 14.6 Å². The molecule has 11 heteroatoms. The van der Waals surface area contributed by atoms with Gasteiger partial charge in [0.2, 0.25) is 5.91 Å². The number of pyridine rings is 1. The van der Waals surface area contributed by atoms with Crippen LogP contribution >= 0.6 is 0 Å². The number of fused-ring (bicyclic) bond motifs is 1. The maximum absolute atomic E-state index is 14.4. The van der Waals surface area contributed by atoms with Crippen molar-refractivity contribution in [2.75, 3.05) is 11.9 Å². The molecule has 0 aliphatic heterocycles. The SMILES string of the molecule is CC(=O)Nc1cn2nc(-c3cc(C(=O)NCc4cc(F)cc(F)c4OCC4CC4)c(C)nc3C)ccc2n1. The number of anilines is 1. The fourth-order valence-electron chi connectivity index (χ4n) is 4.14. The molecule has 0 saturated heterocycles. The van der Waals surface area contributed by atoms with E-state index in [9.17, 15) is 18.4 Å². The number of hydrogen-bond donors (Lipinski definition) is 2. The van der Waals surface area contributed by atoms with E-state index in [4.69, 9.17) is 4.74 Å². The van der Waals surface area contributed by atoms with Crippen molar-refractivity contribution >= 4 is 23.3 Å². The average molecular weight is 521 g/mol. The fourth-order valence-corrected chi connectivity index (χ4v) is 4.14. The number of amides is 2. The van der Waals surface area contributed by atoms with Crippen LogP contribution in [0.1, 0.15) is 47.1 Å². The predicted octanol–water partition coefficient (Wildman–Crippen LogP) is 4.36. The Bertz CT molecular complexity index is 1560. The zero-order valence-electron chi connectivity index (χ0n) is 21.1. The highest BCUT2D eigenvalue weighted by molar-refractivity contribution is 5.96. The summed E-state index contributed by atoms with van der Waals surface area (Å²) in [4.78, 5) is 33.3. The Morgan fingerprint density at radius 1 is 1.11 bits per heavy atom. The Hall–Kier alpha value is -4.41.